The van der Waals surface area contributed by atoms with Gasteiger partial charge in [0, 0.05) is 6.26 Å². The number of hydrogen-bond donors (Lipinski definition) is 1. The van der Waals surface area contributed by atoms with Gasteiger partial charge in [0.05, 0.1) is 24.6 Å². The summed E-state index contributed by atoms with van der Waals surface area (Å²) in [5.41, 5.74) is 0. The molecule has 4 nitrogen and oxygen atoms in total. The molecule has 0 aromatic rings. The first-order chi connectivity index (χ1) is 5.81. The molecule has 0 bridgehead atoms. The highest BCUT2D eigenvalue weighted by atomic mass is 32.2. The Hall–Kier alpha value is -0.130. The molecule has 0 saturated heterocycles. The van der Waals surface area contributed by atoms with Crippen LogP contribution in [0.25, 0.3) is 0 Å². The van der Waals surface area contributed by atoms with Gasteiger partial charge in [-0.2, -0.15) is 0 Å². The maximum Gasteiger partial charge on any atom is 0.147 e. The fourth-order valence-electron chi connectivity index (χ4n) is 0.737. The summed E-state index contributed by atoms with van der Waals surface area (Å²) in [6, 6.07) is 0. The Bertz CT molecular complexity index is 220. The van der Waals surface area contributed by atoms with Gasteiger partial charge in [0.1, 0.15) is 9.84 Å². The first-order valence-electron chi connectivity index (χ1n) is 4.28. The minimum atomic E-state index is -2.97. The van der Waals surface area contributed by atoms with E-state index in [4.69, 9.17) is 4.74 Å². The van der Waals surface area contributed by atoms with Gasteiger partial charge in [-0.25, -0.2) is 8.42 Å². The minimum Gasteiger partial charge on any atom is -0.391 e. The van der Waals surface area contributed by atoms with E-state index >= 15 is 0 Å². The molecule has 0 aliphatic heterocycles. The van der Waals surface area contributed by atoms with Crippen molar-refractivity contribution in [2.45, 2.75) is 32.5 Å². The lowest BCUT2D eigenvalue weighted by Gasteiger charge is -2.12. The van der Waals surface area contributed by atoms with E-state index in [1.807, 2.05) is 13.8 Å². The van der Waals surface area contributed by atoms with Crippen molar-refractivity contribution in [1.29, 1.82) is 0 Å². The summed E-state index contributed by atoms with van der Waals surface area (Å²) < 4.78 is 26.6. The second kappa shape index (κ2) is 5.57. The number of aliphatic hydroxyl groups excluding tert-OH is 1. The summed E-state index contributed by atoms with van der Waals surface area (Å²) in [6.07, 6.45) is 0.777. The minimum absolute atomic E-state index is 0.00955. The van der Waals surface area contributed by atoms with Gasteiger partial charge in [-0.3, -0.25) is 0 Å². The van der Waals surface area contributed by atoms with Crippen LogP contribution in [0.1, 0.15) is 20.3 Å². The molecule has 1 unspecified atom stereocenters. The molecule has 0 saturated carbocycles. The van der Waals surface area contributed by atoms with Crippen molar-refractivity contribution in [2.24, 2.45) is 0 Å². The average molecular weight is 210 g/mol. The quantitative estimate of drug-likeness (QED) is 0.680. The van der Waals surface area contributed by atoms with Gasteiger partial charge in [0.2, 0.25) is 0 Å². The van der Waals surface area contributed by atoms with Crippen molar-refractivity contribution in [1.82, 2.24) is 0 Å². The fourth-order valence-corrected chi connectivity index (χ4v) is 1.44. The van der Waals surface area contributed by atoms with Crippen molar-refractivity contribution in [2.75, 3.05) is 18.6 Å². The zero-order chi connectivity index (χ0) is 10.5. The third-order valence-electron chi connectivity index (χ3n) is 1.44. The van der Waals surface area contributed by atoms with Crippen molar-refractivity contribution in [3.8, 4) is 0 Å². The summed E-state index contributed by atoms with van der Waals surface area (Å²) in [5, 5.41) is 9.27. The molecule has 80 valence electrons. The van der Waals surface area contributed by atoms with E-state index in [0.29, 0.717) is 0 Å². The lowest BCUT2D eigenvalue weighted by molar-refractivity contribution is 0.00495. The zero-order valence-corrected chi connectivity index (χ0v) is 9.17. The average Bonchev–Trinajstić information content (AvgIpc) is 1.95. The molecule has 0 aliphatic rings. The van der Waals surface area contributed by atoms with Gasteiger partial charge in [0.15, 0.2) is 0 Å². The van der Waals surface area contributed by atoms with Crippen LogP contribution >= 0.6 is 0 Å². The first kappa shape index (κ1) is 12.9. The highest BCUT2D eigenvalue weighted by Crippen LogP contribution is 1.98. The first-order valence-corrected chi connectivity index (χ1v) is 6.34. The smallest absolute Gasteiger partial charge is 0.147 e. The summed E-state index contributed by atoms with van der Waals surface area (Å²) in [4.78, 5) is 0. The Morgan fingerprint density at radius 1 is 1.38 bits per heavy atom. The van der Waals surface area contributed by atoms with Crippen LogP contribution in [-0.4, -0.2) is 44.3 Å². The molecule has 0 heterocycles. The van der Waals surface area contributed by atoms with E-state index in [-0.39, 0.29) is 24.9 Å². The standard InChI is InChI=1S/C8H18O4S/c1-7(2)12-6-8(9)4-5-13(3,10)11/h7-9H,4-6H2,1-3H3. The van der Waals surface area contributed by atoms with Crippen molar-refractivity contribution in [3.63, 3.8) is 0 Å². The molecule has 0 rings (SSSR count). The maximum atomic E-state index is 10.7. The van der Waals surface area contributed by atoms with Crippen LogP contribution in [0, 0.1) is 0 Å². The Morgan fingerprint density at radius 3 is 2.31 bits per heavy atom. The molecule has 13 heavy (non-hydrogen) atoms. The van der Waals surface area contributed by atoms with E-state index in [0.717, 1.165) is 6.26 Å². The number of rotatable bonds is 6. The van der Waals surface area contributed by atoms with Crippen LogP contribution in [0.5, 0.6) is 0 Å². The molecule has 1 atom stereocenters. The molecule has 0 aromatic heterocycles. The summed E-state index contributed by atoms with van der Waals surface area (Å²) in [7, 11) is -2.97. The van der Waals surface area contributed by atoms with Crippen LogP contribution in [0.3, 0.4) is 0 Å². The van der Waals surface area contributed by atoms with Crippen LogP contribution in [0.2, 0.25) is 0 Å². The Morgan fingerprint density at radius 2 is 1.92 bits per heavy atom. The monoisotopic (exact) mass is 210 g/mol. The fraction of sp³-hybridized carbons (Fsp3) is 1.00. The molecule has 0 spiro atoms. The topological polar surface area (TPSA) is 63.6 Å². The number of ether oxygens (including phenoxy) is 1. The predicted octanol–water partition coefficient (Wildman–Crippen LogP) is 0.207. The molecule has 0 fully saturated rings. The van der Waals surface area contributed by atoms with Crippen LogP contribution in [0.15, 0.2) is 0 Å². The number of aliphatic hydroxyl groups is 1. The van der Waals surface area contributed by atoms with Gasteiger partial charge in [-0.15, -0.1) is 0 Å². The molecular formula is C8H18O4S. The number of sulfone groups is 1. The van der Waals surface area contributed by atoms with Gasteiger partial charge in [0.25, 0.3) is 0 Å². The zero-order valence-electron chi connectivity index (χ0n) is 8.36. The van der Waals surface area contributed by atoms with Gasteiger partial charge >= 0.3 is 0 Å². The van der Waals surface area contributed by atoms with E-state index in [1.54, 1.807) is 0 Å². The Labute approximate surface area is 79.8 Å². The second-order valence-corrected chi connectivity index (χ2v) is 5.71. The summed E-state index contributed by atoms with van der Waals surface area (Å²) in [6.45, 7) is 3.93. The summed E-state index contributed by atoms with van der Waals surface area (Å²) in [5.74, 6) is 0.00955. The van der Waals surface area contributed by atoms with E-state index in [1.165, 1.54) is 0 Å². The molecule has 0 amide bonds. The van der Waals surface area contributed by atoms with Crippen molar-refractivity contribution in [3.05, 3.63) is 0 Å². The number of hydrogen-bond acceptors (Lipinski definition) is 4. The molecule has 0 aromatic carbocycles. The highest BCUT2D eigenvalue weighted by Gasteiger charge is 2.09. The third kappa shape index (κ3) is 9.79. The second-order valence-electron chi connectivity index (χ2n) is 3.45. The largest absolute Gasteiger partial charge is 0.391 e. The van der Waals surface area contributed by atoms with E-state index in [9.17, 15) is 13.5 Å². The maximum absolute atomic E-state index is 10.7. The van der Waals surface area contributed by atoms with Gasteiger partial charge in [-0.05, 0) is 20.3 Å². The van der Waals surface area contributed by atoms with Crippen LogP contribution in [0.4, 0.5) is 0 Å². The molecule has 5 heteroatoms. The molecule has 0 radical (unpaired) electrons. The van der Waals surface area contributed by atoms with Crippen molar-refractivity contribution < 1.29 is 18.3 Å². The lowest BCUT2D eigenvalue weighted by atomic mass is 10.3. The molecular weight excluding hydrogens is 192 g/mol. The Kier molecular flexibility index (Phi) is 5.51. The van der Waals surface area contributed by atoms with Gasteiger partial charge in [-0.1, -0.05) is 0 Å². The normalized spacial score (nSPS) is 14.8. The lowest BCUT2D eigenvalue weighted by Crippen LogP contribution is -2.21. The van der Waals surface area contributed by atoms with E-state index < -0.39 is 15.9 Å². The molecule has 1 N–H and O–H groups in total. The van der Waals surface area contributed by atoms with Crippen LogP contribution in [-0.2, 0) is 14.6 Å². The summed E-state index contributed by atoms with van der Waals surface area (Å²) >= 11 is 0. The molecule has 0 aliphatic carbocycles. The highest BCUT2D eigenvalue weighted by molar-refractivity contribution is 7.90. The Balaban J connectivity index is 3.58. The van der Waals surface area contributed by atoms with Crippen molar-refractivity contribution >= 4 is 9.84 Å². The SMILES string of the molecule is CC(C)OCC(O)CCS(C)(=O)=O. The van der Waals surface area contributed by atoms with Crippen LogP contribution < -0.4 is 0 Å². The predicted molar refractivity (Wildman–Crippen MR) is 51.4 cm³/mol. The van der Waals surface area contributed by atoms with E-state index in [2.05, 4.69) is 0 Å². The third-order valence-corrected chi connectivity index (χ3v) is 2.42. The van der Waals surface area contributed by atoms with Gasteiger partial charge < -0.3 is 9.84 Å².